The molecule has 0 atom stereocenters. The van der Waals surface area contributed by atoms with Gasteiger partial charge < -0.3 is 14.9 Å². The Kier molecular flexibility index (Phi) is 3.12. The maximum atomic E-state index is 11.1. The van der Waals surface area contributed by atoms with E-state index in [4.69, 9.17) is 0 Å². The molecule has 0 aliphatic rings. The first-order chi connectivity index (χ1) is 7.07. The summed E-state index contributed by atoms with van der Waals surface area (Å²) in [4.78, 5) is 24.6. The normalized spacial score (nSPS) is 9.40. The predicted molar refractivity (Wildman–Crippen MR) is 51.9 cm³/mol. The predicted octanol–water partition coefficient (Wildman–Crippen LogP) is 1.18. The number of aromatic nitrogens is 1. The van der Waals surface area contributed by atoms with Crippen molar-refractivity contribution < 1.29 is 14.5 Å². The minimum atomic E-state index is -0.717. The highest BCUT2D eigenvalue weighted by Crippen LogP contribution is 2.22. The molecule has 0 spiro atoms. The van der Waals surface area contributed by atoms with Gasteiger partial charge in [-0.2, -0.15) is 0 Å². The first-order valence-corrected chi connectivity index (χ1v) is 3.95. The van der Waals surface area contributed by atoms with Gasteiger partial charge in [0.25, 0.3) is 0 Å². The Hall–Kier alpha value is -2.24. The van der Waals surface area contributed by atoms with Crippen molar-refractivity contribution in [1.29, 1.82) is 0 Å². The molecular formula is C9H8N2O4. The Balaban J connectivity index is 3.19. The van der Waals surface area contributed by atoms with Gasteiger partial charge in [-0.25, -0.2) is 4.79 Å². The molecule has 15 heavy (non-hydrogen) atoms. The van der Waals surface area contributed by atoms with E-state index in [1.165, 1.54) is 25.4 Å². The lowest BCUT2D eigenvalue weighted by molar-refractivity contribution is -0.389. The molecule has 1 aromatic heterocycles. The third-order valence-electron chi connectivity index (χ3n) is 1.72. The van der Waals surface area contributed by atoms with Gasteiger partial charge in [0, 0.05) is 0 Å². The number of esters is 1. The highest BCUT2D eigenvalue weighted by molar-refractivity contribution is 6.16. The van der Waals surface area contributed by atoms with Crippen LogP contribution in [0.1, 0.15) is 5.56 Å². The van der Waals surface area contributed by atoms with E-state index in [0.29, 0.717) is 0 Å². The number of rotatable bonds is 3. The van der Waals surface area contributed by atoms with Crippen LogP contribution in [0.15, 0.2) is 24.9 Å². The first-order valence-electron chi connectivity index (χ1n) is 3.95. The molecule has 0 fully saturated rings. The van der Waals surface area contributed by atoms with E-state index in [1.807, 2.05) is 0 Å². The Morgan fingerprint density at radius 2 is 2.33 bits per heavy atom. The largest absolute Gasteiger partial charge is 0.465 e. The van der Waals surface area contributed by atoms with Crippen LogP contribution in [0.25, 0.3) is 5.57 Å². The summed E-state index contributed by atoms with van der Waals surface area (Å²) in [5.74, 6) is -1.13. The van der Waals surface area contributed by atoms with Crippen molar-refractivity contribution in [2.75, 3.05) is 7.11 Å². The van der Waals surface area contributed by atoms with Crippen molar-refractivity contribution in [3.8, 4) is 0 Å². The summed E-state index contributed by atoms with van der Waals surface area (Å²) in [5, 5.41) is 10.6. The number of carbonyl (C=O) groups excluding carboxylic acids is 1. The second-order valence-corrected chi connectivity index (χ2v) is 2.60. The number of carbonyl (C=O) groups is 1. The molecule has 0 radical (unpaired) electrons. The molecule has 0 amide bonds. The summed E-state index contributed by atoms with van der Waals surface area (Å²) in [6.07, 6.45) is 1.27. The van der Waals surface area contributed by atoms with Gasteiger partial charge in [-0.15, -0.1) is 0 Å². The SMILES string of the molecule is C=C(C(=O)OC)c1cccnc1[N+](=O)[O-]. The van der Waals surface area contributed by atoms with Crippen LogP contribution in [0.2, 0.25) is 0 Å². The van der Waals surface area contributed by atoms with Crippen LogP contribution >= 0.6 is 0 Å². The van der Waals surface area contributed by atoms with Gasteiger partial charge in [0.1, 0.15) is 6.20 Å². The highest BCUT2D eigenvalue weighted by atomic mass is 16.6. The summed E-state index contributed by atoms with van der Waals surface area (Å²) < 4.78 is 4.41. The van der Waals surface area contributed by atoms with Crippen LogP contribution in [-0.4, -0.2) is 23.0 Å². The summed E-state index contributed by atoms with van der Waals surface area (Å²) in [6.45, 7) is 3.42. The van der Waals surface area contributed by atoms with Crippen LogP contribution in [-0.2, 0) is 9.53 Å². The highest BCUT2D eigenvalue weighted by Gasteiger charge is 2.21. The first kappa shape index (κ1) is 10.8. The Morgan fingerprint density at radius 1 is 1.67 bits per heavy atom. The second-order valence-electron chi connectivity index (χ2n) is 2.60. The molecule has 0 aromatic carbocycles. The fraction of sp³-hybridized carbons (Fsp3) is 0.111. The Bertz CT molecular complexity index is 428. The van der Waals surface area contributed by atoms with Gasteiger partial charge in [0.2, 0.25) is 0 Å². The summed E-state index contributed by atoms with van der Waals surface area (Å²) in [7, 11) is 1.18. The standard InChI is InChI=1S/C9H8N2O4/c1-6(9(12)15-2)7-4-3-5-10-8(7)11(13)14/h3-5H,1H2,2H3. The Morgan fingerprint density at radius 3 is 2.87 bits per heavy atom. The number of methoxy groups -OCH3 is 1. The third kappa shape index (κ3) is 2.16. The molecular weight excluding hydrogens is 200 g/mol. The average Bonchev–Trinajstić information content (AvgIpc) is 2.27. The van der Waals surface area contributed by atoms with Crippen molar-refractivity contribution in [2.24, 2.45) is 0 Å². The van der Waals surface area contributed by atoms with E-state index in [0.717, 1.165) is 0 Å². The van der Waals surface area contributed by atoms with E-state index in [2.05, 4.69) is 16.3 Å². The van der Waals surface area contributed by atoms with E-state index < -0.39 is 16.7 Å². The van der Waals surface area contributed by atoms with Gasteiger partial charge >= 0.3 is 11.8 Å². The molecule has 1 rings (SSSR count). The van der Waals surface area contributed by atoms with Crippen LogP contribution in [0.3, 0.4) is 0 Å². The van der Waals surface area contributed by atoms with Crippen LogP contribution < -0.4 is 0 Å². The number of hydrogen-bond acceptors (Lipinski definition) is 5. The van der Waals surface area contributed by atoms with Gasteiger partial charge in [-0.05, 0) is 22.0 Å². The van der Waals surface area contributed by atoms with Crippen molar-refractivity contribution in [1.82, 2.24) is 4.98 Å². The molecule has 6 heteroatoms. The van der Waals surface area contributed by atoms with E-state index in [-0.39, 0.29) is 11.1 Å². The van der Waals surface area contributed by atoms with Gasteiger partial charge in [-0.3, -0.25) is 0 Å². The maximum Gasteiger partial charge on any atom is 0.371 e. The van der Waals surface area contributed by atoms with Crippen molar-refractivity contribution >= 4 is 17.4 Å². The van der Waals surface area contributed by atoms with E-state index in [9.17, 15) is 14.9 Å². The van der Waals surface area contributed by atoms with E-state index in [1.54, 1.807) is 0 Å². The van der Waals surface area contributed by atoms with Crippen molar-refractivity contribution in [3.05, 3.63) is 40.6 Å². The molecule has 0 N–H and O–H groups in total. The topological polar surface area (TPSA) is 82.3 Å². The molecule has 0 bridgehead atoms. The zero-order chi connectivity index (χ0) is 11.4. The van der Waals surface area contributed by atoms with Gasteiger partial charge in [0.05, 0.1) is 18.2 Å². The lowest BCUT2D eigenvalue weighted by Crippen LogP contribution is -2.06. The molecule has 1 aromatic rings. The molecule has 1 heterocycles. The van der Waals surface area contributed by atoms with Crippen LogP contribution in [0.5, 0.6) is 0 Å². The minimum absolute atomic E-state index is 0.0642. The molecule has 0 aliphatic carbocycles. The Labute approximate surface area is 85.3 Å². The fourth-order valence-corrected chi connectivity index (χ4v) is 1.01. The summed E-state index contributed by atoms with van der Waals surface area (Å²) >= 11 is 0. The fourth-order valence-electron chi connectivity index (χ4n) is 1.01. The second kappa shape index (κ2) is 4.32. The zero-order valence-electron chi connectivity index (χ0n) is 7.97. The minimum Gasteiger partial charge on any atom is -0.465 e. The third-order valence-corrected chi connectivity index (χ3v) is 1.72. The number of nitro groups is 1. The van der Waals surface area contributed by atoms with Gasteiger partial charge in [-0.1, -0.05) is 6.58 Å². The molecule has 0 saturated heterocycles. The number of hydrogen-bond donors (Lipinski definition) is 0. The van der Waals surface area contributed by atoms with Crippen molar-refractivity contribution in [3.63, 3.8) is 0 Å². The smallest absolute Gasteiger partial charge is 0.371 e. The number of ether oxygens (including phenoxy) is 1. The lowest BCUT2D eigenvalue weighted by atomic mass is 10.1. The van der Waals surface area contributed by atoms with Crippen LogP contribution in [0, 0.1) is 10.1 Å². The zero-order valence-corrected chi connectivity index (χ0v) is 7.97. The van der Waals surface area contributed by atoms with E-state index >= 15 is 0 Å². The van der Waals surface area contributed by atoms with Gasteiger partial charge in [0.15, 0.2) is 0 Å². The lowest BCUT2D eigenvalue weighted by Gasteiger charge is -2.03. The van der Waals surface area contributed by atoms with Crippen molar-refractivity contribution in [2.45, 2.75) is 0 Å². The molecule has 78 valence electrons. The molecule has 6 nitrogen and oxygen atoms in total. The van der Waals surface area contributed by atoms with Crippen LogP contribution in [0.4, 0.5) is 5.82 Å². The molecule has 0 unspecified atom stereocenters. The molecule has 0 aliphatic heterocycles. The average molecular weight is 208 g/mol. The quantitative estimate of drug-likeness (QED) is 0.322. The number of nitrogens with zero attached hydrogens (tertiary/aromatic N) is 2. The summed E-state index contributed by atoms with van der Waals surface area (Å²) in [5.41, 5.74) is -0.0216. The summed E-state index contributed by atoms with van der Waals surface area (Å²) in [6, 6.07) is 2.88. The monoisotopic (exact) mass is 208 g/mol. The maximum absolute atomic E-state index is 11.1. The number of pyridine rings is 1. The molecule has 0 saturated carbocycles.